The Kier molecular flexibility index (Phi) is 7.38. The van der Waals surface area contributed by atoms with E-state index in [2.05, 4.69) is 20.5 Å². The maximum atomic E-state index is 12.1. The second-order valence-corrected chi connectivity index (χ2v) is 7.47. The Labute approximate surface area is 155 Å². The molecule has 1 aromatic heterocycles. The molecule has 1 aromatic rings. The molecular formula is C19H30N4O3. The van der Waals surface area contributed by atoms with Crippen LogP contribution in [0.1, 0.15) is 39.2 Å². The second kappa shape index (κ2) is 9.52. The normalized spacial score (nSPS) is 14.8. The van der Waals surface area contributed by atoms with Crippen LogP contribution in [0.15, 0.2) is 18.3 Å². The molecule has 0 aliphatic carbocycles. The Hall–Kier alpha value is -2.15. The van der Waals surface area contributed by atoms with Crippen LogP contribution in [-0.2, 0) is 20.9 Å². The first kappa shape index (κ1) is 20.2. The lowest BCUT2D eigenvalue weighted by Crippen LogP contribution is -2.38. The molecule has 144 valence electrons. The van der Waals surface area contributed by atoms with E-state index in [0.717, 1.165) is 24.5 Å². The monoisotopic (exact) mass is 362 g/mol. The maximum absolute atomic E-state index is 12.1. The molecule has 7 nitrogen and oxygen atoms in total. The molecule has 1 aliphatic heterocycles. The molecular weight excluding hydrogens is 332 g/mol. The zero-order valence-corrected chi connectivity index (χ0v) is 16.0. The van der Waals surface area contributed by atoms with Gasteiger partial charge in [0.1, 0.15) is 5.82 Å². The number of ether oxygens (including phenoxy) is 1. The van der Waals surface area contributed by atoms with Crippen molar-refractivity contribution in [3.8, 4) is 0 Å². The number of carbonyl (C=O) groups is 2. The molecule has 0 aromatic carbocycles. The number of morpholine rings is 1. The zero-order chi connectivity index (χ0) is 19.0. The Balaban J connectivity index is 1.75. The standard InChI is InChI=1S/C19H30N4O3/c1-19(2,3)18(25)21-9-5-7-16(24)22-14-15-6-4-8-20-17(15)23-10-12-26-13-11-23/h4,6,8H,5,7,9-14H2,1-3H3,(H,21,25)(H,22,24). The third kappa shape index (κ3) is 6.29. The largest absolute Gasteiger partial charge is 0.378 e. The first-order valence-electron chi connectivity index (χ1n) is 9.19. The number of anilines is 1. The predicted molar refractivity (Wildman–Crippen MR) is 101 cm³/mol. The Morgan fingerprint density at radius 2 is 1.96 bits per heavy atom. The molecule has 1 saturated heterocycles. The van der Waals surface area contributed by atoms with Gasteiger partial charge in [0.2, 0.25) is 11.8 Å². The van der Waals surface area contributed by atoms with Gasteiger partial charge in [0.05, 0.1) is 13.2 Å². The van der Waals surface area contributed by atoms with Crippen molar-refractivity contribution in [2.45, 2.75) is 40.2 Å². The maximum Gasteiger partial charge on any atom is 0.225 e. The number of nitrogens with zero attached hydrogens (tertiary/aromatic N) is 2. The number of carbonyl (C=O) groups excluding carboxylic acids is 2. The average molecular weight is 362 g/mol. The van der Waals surface area contributed by atoms with Gasteiger partial charge in [-0.1, -0.05) is 26.8 Å². The van der Waals surface area contributed by atoms with E-state index in [1.54, 1.807) is 6.20 Å². The fourth-order valence-corrected chi connectivity index (χ4v) is 2.63. The topological polar surface area (TPSA) is 83.6 Å². The van der Waals surface area contributed by atoms with Crippen LogP contribution in [0.3, 0.4) is 0 Å². The lowest BCUT2D eigenvalue weighted by molar-refractivity contribution is -0.128. The van der Waals surface area contributed by atoms with Crippen molar-refractivity contribution in [2.75, 3.05) is 37.7 Å². The minimum atomic E-state index is -0.404. The van der Waals surface area contributed by atoms with E-state index < -0.39 is 5.41 Å². The highest BCUT2D eigenvalue weighted by atomic mass is 16.5. The highest BCUT2D eigenvalue weighted by molar-refractivity contribution is 5.81. The lowest BCUT2D eigenvalue weighted by atomic mass is 9.96. The molecule has 7 heteroatoms. The highest BCUT2D eigenvalue weighted by Gasteiger charge is 2.20. The SMILES string of the molecule is CC(C)(C)C(=O)NCCCC(=O)NCc1cccnc1N1CCOCC1. The van der Waals surface area contributed by atoms with Crippen LogP contribution >= 0.6 is 0 Å². The molecule has 0 radical (unpaired) electrons. The van der Waals surface area contributed by atoms with Crippen molar-refractivity contribution < 1.29 is 14.3 Å². The van der Waals surface area contributed by atoms with Gasteiger partial charge in [-0.15, -0.1) is 0 Å². The molecule has 2 rings (SSSR count). The van der Waals surface area contributed by atoms with Crippen molar-refractivity contribution in [2.24, 2.45) is 5.41 Å². The molecule has 0 bridgehead atoms. The minimum Gasteiger partial charge on any atom is -0.378 e. The Morgan fingerprint density at radius 1 is 1.23 bits per heavy atom. The van der Waals surface area contributed by atoms with Crippen molar-refractivity contribution >= 4 is 17.6 Å². The third-order valence-electron chi connectivity index (χ3n) is 4.20. The van der Waals surface area contributed by atoms with E-state index in [9.17, 15) is 9.59 Å². The van der Waals surface area contributed by atoms with Gasteiger partial charge in [0.25, 0.3) is 0 Å². The quantitative estimate of drug-likeness (QED) is 0.718. The van der Waals surface area contributed by atoms with E-state index in [-0.39, 0.29) is 11.8 Å². The highest BCUT2D eigenvalue weighted by Crippen LogP contribution is 2.18. The fourth-order valence-electron chi connectivity index (χ4n) is 2.63. The van der Waals surface area contributed by atoms with Crippen molar-refractivity contribution in [3.05, 3.63) is 23.9 Å². The van der Waals surface area contributed by atoms with Crippen LogP contribution in [0.5, 0.6) is 0 Å². The number of nitrogens with one attached hydrogen (secondary N) is 2. The number of hydrogen-bond donors (Lipinski definition) is 2. The summed E-state index contributed by atoms with van der Waals surface area (Å²) in [5, 5.41) is 5.80. The van der Waals surface area contributed by atoms with Gasteiger partial charge in [-0.25, -0.2) is 4.98 Å². The van der Waals surface area contributed by atoms with Crippen LogP contribution in [0.25, 0.3) is 0 Å². The molecule has 0 saturated carbocycles. The van der Waals surface area contributed by atoms with E-state index in [4.69, 9.17) is 4.74 Å². The molecule has 0 spiro atoms. The van der Waals surface area contributed by atoms with Crippen LogP contribution in [0.4, 0.5) is 5.82 Å². The molecule has 0 unspecified atom stereocenters. The fraction of sp³-hybridized carbons (Fsp3) is 0.632. The summed E-state index contributed by atoms with van der Waals surface area (Å²) in [6, 6.07) is 3.87. The van der Waals surface area contributed by atoms with Gasteiger partial charge in [-0.3, -0.25) is 9.59 Å². The predicted octanol–water partition coefficient (Wildman–Crippen LogP) is 1.48. The van der Waals surface area contributed by atoms with Crippen LogP contribution in [0.2, 0.25) is 0 Å². The van der Waals surface area contributed by atoms with E-state index in [0.29, 0.717) is 39.1 Å². The van der Waals surface area contributed by atoms with Gasteiger partial charge in [0.15, 0.2) is 0 Å². The average Bonchev–Trinajstić information content (AvgIpc) is 2.63. The minimum absolute atomic E-state index is 0.00317. The third-order valence-corrected chi connectivity index (χ3v) is 4.20. The van der Waals surface area contributed by atoms with Gasteiger partial charge in [0, 0.05) is 49.8 Å². The van der Waals surface area contributed by atoms with Gasteiger partial charge >= 0.3 is 0 Å². The van der Waals surface area contributed by atoms with E-state index >= 15 is 0 Å². The van der Waals surface area contributed by atoms with Gasteiger partial charge < -0.3 is 20.3 Å². The van der Waals surface area contributed by atoms with Crippen molar-refractivity contribution in [1.82, 2.24) is 15.6 Å². The van der Waals surface area contributed by atoms with E-state index in [1.165, 1.54) is 0 Å². The van der Waals surface area contributed by atoms with Crippen LogP contribution < -0.4 is 15.5 Å². The number of aromatic nitrogens is 1. The number of pyridine rings is 1. The van der Waals surface area contributed by atoms with Gasteiger partial charge in [-0.2, -0.15) is 0 Å². The summed E-state index contributed by atoms with van der Waals surface area (Å²) in [5.41, 5.74) is 0.599. The first-order chi connectivity index (χ1) is 12.4. The molecule has 2 N–H and O–H groups in total. The molecule has 0 atom stereocenters. The number of hydrogen-bond acceptors (Lipinski definition) is 5. The molecule has 1 aliphatic rings. The second-order valence-electron chi connectivity index (χ2n) is 7.47. The van der Waals surface area contributed by atoms with Crippen molar-refractivity contribution in [1.29, 1.82) is 0 Å². The summed E-state index contributed by atoms with van der Waals surface area (Å²) in [6.45, 7) is 9.59. The van der Waals surface area contributed by atoms with Crippen LogP contribution in [0, 0.1) is 5.41 Å². The summed E-state index contributed by atoms with van der Waals surface area (Å²) in [5.74, 6) is 0.892. The van der Waals surface area contributed by atoms with Crippen LogP contribution in [-0.4, -0.2) is 49.6 Å². The Bertz CT molecular complexity index is 607. The van der Waals surface area contributed by atoms with E-state index in [1.807, 2.05) is 32.9 Å². The zero-order valence-electron chi connectivity index (χ0n) is 16.0. The lowest BCUT2D eigenvalue weighted by Gasteiger charge is -2.29. The summed E-state index contributed by atoms with van der Waals surface area (Å²) in [4.78, 5) is 30.5. The smallest absolute Gasteiger partial charge is 0.225 e. The molecule has 1 fully saturated rings. The van der Waals surface area contributed by atoms with Gasteiger partial charge in [-0.05, 0) is 12.5 Å². The molecule has 2 amide bonds. The van der Waals surface area contributed by atoms with Crippen molar-refractivity contribution in [3.63, 3.8) is 0 Å². The summed E-state index contributed by atoms with van der Waals surface area (Å²) in [6.07, 6.45) is 2.78. The Morgan fingerprint density at radius 3 is 2.65 bits per heavy atom. The number of rotatable bonds is 7. The summed E-state index contributed by atoms with van der Waals surface area (Å²) < 4.78 is 5.38. The molecule has 2 heterocycles. The summed E-state index contributed by atoms with van der Waals surface area (Å²) in [7, 11) is 0. The summed E-state index contributed by atoms with van der Waals surface area (Å²) >= 11 is 0. The first-order valence-corrected chi connectivity index (χ1v) is 9.19. The number of amides is 2. The molecule has 26 heavy (non-hydrogen) atoms.